The fraction of sp³-hybridized carbons (Fsp3) is 0.316. The van der Waals surface area contributed by atoms with Crippen molar-refractivity contribution in [1.29, 1.82) is 0 Å². The highest BCUT2D eigenvalue weighted by atomic mass is 16.5. The van der Waals surface area contributed by atoms with Crippen LogP contribution in [-0.4, -0.2) is 31.5 Å². The molecular weight excluding hydrogens is 288 g/mol. The molecular formula is C19H24N2O2. The van der Waals surface area contributed by atoms with Gasteiger partial charge in [-0.05, 0) is 56.3 Å². The number of carbonyl (C=O) groups excluding carboxylic acids is 1. The van der Waals surface area contributed by atoms with Gasteiger partial charge in [0.15, 0.2) is 0 Å². The number of hydrogen-bond acceptors (Lipinski definition) is 3. The molecule has 122 valence electrons. The van der Waals surface area contributed by atoms with Crippen molar-refractivity contribution in [3.8, 4) is 5.75 Å². The molecule has 0 saturated heterocycles. The third-order valence-electron chi connectivity index (χ3n) is 3.73. The number of likely N-dealkylation sites (N-methyl/N-ethyl adjacent to an activating group) is 1. The normalized spacial score (nSPS) is 10.7. The molecule has 0 aliphatic rings. The van der Waals surface area contributed by atoms with E-state index < -0.39 is 0 Å². The third kappa shape index (κ3) is 5.11. The second-order valence-corrected chi connectivity index (χ2v) is 5.88. The second kappa shape index (κ2) is 7.79. The molecule has 23 heavy (non-hydrogen) atoms. The van der Waals surface area contributed by atoms with Gasteiger partial charge in [0.25, 0.3) is 0 Å². The van der Waals surface area contributed by atoms with Crippen LogP contribution in [0.1, 0.15) is 16.7 Å². The van der Waals surface area contributed by atoms with Crippen LogP contribution < -0.4 is 10.1 Å². The van der Waals surface area contributed by atoms with Gasteiger partial charge in [-0.2, -0.15) is 0 Å². The van der Waals surface area contributed by atoms with Crippen molar-refractivity contribution in [1.82, 2.24) is 4.90 Å². The van der Waals surface area contributed by atoms with Gasteiger partial charge in [-0.15, -0.1) is 0 Å². The average molecular weight is 312 g/mol. The minimum atomic E-state index is -0.0250. The molecule has 1 amide bonds. The fourth-order valence-electron chi connectivity index (χ4n) is 2.44. The number of ether oxygens (including phenoxy) is 1. The molecule has 0 radical (unpaired) electrons. The van der Waals surface area contributed by atoms with Gasteiger partial charge >= 0.3 is 0 Å². The minimum Gasteiger partial charge on any atom is -0.497 e. The van der Waals surface area contributed by atoms with Crippen LogP contribution in [-0.2, 0) is 11.3 Å². The van der Waals surface area contributed by atoms with Gasteiger partial charge in [0.2, 0.25) is 5.91 Å². The Balaban J connectivity index is 1.90. The highest BCUT2D eigenvalue weighted by molar-refractivity contribution is 5.92. The number of nitrogens with one attached hydrogen (secondary N) is 1. The summed E-state index contributed by atoms with van der Waals surface area (Å²) < 4.78 is 5.10. The fourth-order valence-corrected chi connectivity index (χ4v) is 2.44. The molecule has 1 N–H and O–H groups in total. The summed E-state index contributed by atoms with van der Waals surface area (Å²) in [5, 5.41) is 2.90. The Labute approximate surface area is 138 Å². The summed E-state index contributed by atoms with van der Waals surface area (Å²) in [5.41, 5.74) is 4.51. The Bertz CT molecular complexity index is 666. The smallest absolute Gasteiger partial charge is 0.238 e. The van der Waals surface area contributed by atoms with E-state index >= 15 is 0 Å². The predicted molar refractivity (Wildman–Crippen MR) is 93.9 cm³/mol. The third-order valence-corrected chi connectivity index (χ3v) is 3.73. The Hall–Kier alpha value is -2.33. The van der Waals surface area contributed by atoms with E-state index in [-0.39, 0.29) is 5.91 Å². The van der Waals surface area contributed by atoms with Crippen molar-refractivity contribution in [3.05, 3.63) is 59.2 Å². The second-order valence-electron chi connectivity index (χ2n) is 5.88. The SMILES string of the molecule is COc1ccc(NC(=O)CN(C)Cc2cc(C)ccc2C)cc1. The molecule has 0 heterocycles. The van der Waals surface area contributed by atoms with Crippen LogP contribution in [0.15, 0.2) is 42.5 Å². The first kappa shape index (κ1) is 17.0. The number of rotatable bonds is 6. The van der Waals surface area contributed by atoms with Gasteiger partial charge in [0.05, 0.1) is 13.7 Å². The lowest BCUT2D eigenvalue weighted by Gasteiger charge is -2.18. The molecule has 0 spiro atoms. The van der Waals surface area contributed by atoms with Crippen LogP contribution in [0.4, 0.5) is 5.69 Å². The number of carbonyl (C=O) groups is 1. The summed E-state index contributed by atoms with van der Waals surface area (Å²) in [6.07, 6.45) is 0. The Morgan fingerprint density at radius 1 is 1.13 bits per heavy atom. The molecule has 4 heteroatoms. The van der Waals surface area contributed by atoms with Crippen molar-refractivity contribution in [2.24, 2.45) is 0 Å². The number of nitrogens with zero attached hydrogens (tertiary/aromatic N) is 1. The van der Waals surface area contributed by atoms with Gasteiger partial charge in [-0.3, -0.25) is 9.69 Å². The summed E-state index contributed by atoms with van der Waals surface area (Å²) in [6, 6.07) is 13.7. The van der Waals surface area contributed by atoms with E-state index in [0.29, 0.717) is 6.54 Å². The Morgan fingerprint density at radius 2 is 1.83 bits per heavy atom. The van der Waals surface area contributed by atoms with Crippen LogP contribution in [0.25, 0.3) is 0 Å². The van der Waals surface area contributed by atoms with E-state index in [2.05, 4.69) is 37.4 Å². The van der Waals surface area contributed by atoms with Crippen molar-refractivity contribution < 1.29 is 9.53 Å². The lowest BCUT2D eigenvalue weighted by Crippen LogP contribution is -2.30. The number of hydrogen-bond donors (Lipinski definition) is 1. The van der Waals surface area contributed by atoms with Gasteiger partial charge in [0.1, 0.15) is 5.75 Å². The summed E-state index contributed by atoms with van der Waals surface area (Å²) in [4.78, 5) is 14.1. The number of amides is 1. The maximum atomic E-state index is 12.1. The lowest BCUT2D eigenvalue weighted by molar-refractivity contribution is -0.117. The van der Waals surface area contributed by atoms with Crippen molar-refractivity contribution in [2.75, 3.05) is 26.0 Å². The molecule has 0 aliphatic heterocycles. The standard InChI is InChI=1S/C19H24N2O2/c1-14-5-6-15(2)16(11-14)12-21(3)13-19(22)20-17-7-9-18(23-4)10-8-17/h5-11H,12-13H2,1-4H3,(H,20,22). The quantitative estimate of drug-likeness (QED) is 0.889. The summed E-state index contributed by atoms with van der Waals surface area (Å²) in [6.45, 7) is 5.28. The maximum Gasteiger partial charge on any atom is 0.238 e. The molecule has 0 fully saturated rings. The summed E-state index contributed by atoms with van der Waals surface area (Å²) in [7, 11) is 3.57. The highest BCUT2D eigenvalue weighted by Gasteiger charge is 2.09. The predicted octanol–water partition coefficient (Wildman–Crippen LogP) is 3.38. The topological polar surface area (TPSA) is 41.6 Å². The van der Waals surface area contributed by atoms with E-state index in [4.69, 9.17) is 4.74 Å². The van der Waals surface area contributed by atoms with E-state index in [9.17, 15) is 4.79 Å². The average Bonchev–Trinajstić information content (AvgIpc) is 2.51. The molecule has 4 nitrogen and oxygen atoms in total. The first-order valence-corrected chi connectivity index (χ1v) is 7.66. The number of benzene rings is 2. The zero-order valence-corrected chi connectivity index (χ0v) is 14.2. The van der Waals surface area contributed by atoms with Gasteiger partial charge < -0.3 is 10.1 Å². The van der Waals surface area contributed by atoms with Crippen LogP contribution in [0, 0.1) is 13.8 Å². The van der Waals surface area contributed by atoms with E-state index in [1.165, 1.54) is 16.7 Å². The van der Waals surface area contributed by atoms with Crippen LogP contribution >= 0.6 is 0 Å². The van der Waals surface area contributed by atoms with Crippen molar-refractivity contribution in [3.63, 3.8) is 0 Å². The van der Waals surface area contributed by atoms with E-state index in [1.54, 1.807) is 7.11 Å². The van der Waals surface area contributed by atoms with Crippen molar-refractivity contribution in [2.45, 2.75) is 20.4 Å². The van der Waals surface area contributed by atoms with Gasteiger partial charge in [-0.25, -0.2) is 0 Å². The molecule has 0 bridgehead atoms. The van der Waals surface area contributed by atoms with Crippen LogP contribution in [0.3, 0.4) is 0 Å². The Morgan fingerprint density at radius 3 is 2.48 bits per heavy atom. The molecule has 0 atom stereocenters. The molecule has 0 saturated carbocycles. The largest absolute Gasteiger partial charge is 0.497 e. The highest BCUT2D eigenvalue weighted by Crippen LogP contribution is 2.15. The summed E-state index contributed by atoms with van der Waals surface area (Å²) in [5.74, 6) is 0.748. The molecule has 2 rings (SSSR count). The molecule has 0 aromatic heterocycles. The van der Waals surface area contributed by atoms with Gasteiger partial charge in [0, 0.05) is 12.2 Å². The van der Waals surface area contributed by atoms with E-state index in [0.717, 1.165) is 18.0 Å². The van der Waals surface area contributed by atoms with E-state index in [1.807, 2.05) is 36.2 Å². The first-order valence-electron chi connectivity index (χ1n) is 7.66. The monoisotopic (exact) mass is 312 g/mol. The van der Waals surface area contributed by atoms with Crippen LogP contribution in [0.5, 0.6) is 5.75 Å². The molecule has 2 aromatic rings. The minimum absolute atomic E-state index is 0.0250. The molecule has 0 unspecified atom stereocenters. The Kier molecular flexibility index (Phi) is 5.77. The number of methoxy groups -OCH3 is 1. The summed E-state index contributed by atoms with van der Waals surface area (Å²) >= 11 is 0. The molecule has 2 aromatic carbocycles. The zero-order chi connectivity index (χ0) is 16.8. The number of aryl methyl sites for hydroxylation is 2. The van der Waals surface area contributed by atoms with Crippen LogP contribution in [0.2, 0.25) is 0 Å². The van der Waals surface area contributed by atoms with Crippen molar-refractivity contribution >= 4 is 11.6 Å². The maximum absolute atomic E-state index is 12.1. The lowest BCUT2D eigenvalue weighted by atomic mass is 10.1. The first-order chi connectivity index (χ1) is 11.0. The van der Waals surface area contributed by atoms with Gasteiger partial charge in [-0.1, -0.05) is 23.8 Å². The molecule has 0 aliphatic carbocycles. The zero-order valence-electron chi connectivity index (χ0n) is 14.2. The number of anilines is 1.